The van der Waals surface area contributed by atoms with E-state index in [4.69, 9.17) is 4.74 Å². The van der Waals surface area contributed by atoms with Crippen molar-refractivity contribution in [3.05, 3.63) is 29.3 Å². The smallest absolute Gasteiger partial charge is 0.138 e. The van der Waals surface area contributed by atoms with Crippen LogP contribution in [-0.2, 0) is 11.2 Å². The summed E-state index contributed by atoms with van der Waals surface area (Å²) in [6.07, 6.45) is 1.43. The van der Waals surface area contributed by atoms with Crippen LogP contribution >= 0.6 is 0 Å². The third-order valence-corrected chi connectivity index (χ3v) is 3.30. The molecule has 2 rings (SSSR count). The lowest BCUT2D eigenvalue weighted by molar-refractivity contribution is -0.123. The monoisotopic (exact) mass is 233 g/mol. The molecule has 0 aliphatic carbocycles. The quantitative estimate of drug-likeness (QED) is 0.864. The standard InChI is InChI=1S/C14H19NO2/c1-10-3-4-14(17-2)11(7-10)8-12-9-15-6-5-13(12)16/h3-4,7,12,15H,5-6,8-9H2,1-2H3. The van der Waals surface area contributed by atoms with E-state index in [-0.39, 0.29) is 5.92 Å². The molecule has 0 saturated carbocycles. The Kier molecular flexibility index (Phi) is 3.79. The SMILES string of the molecule is COc1ccc(C)cc1CC1CNCCC1=O. The van der Waals surface area contributed by atoms with Gasteiger partial charge in [-0.2, -0.15) is 0 Å². The summed E-state index contributed by atoms with van der Waals surface area (Å²) in [5.74, 6) is 1.35. The van der Waals surface area contributed by atoms with E-state index in [1.54, 1.807) is 7.11 Å². The van der Waals surface area contributed by atoms with Crippen molar-refractivity contribution in [1.82, 2.24) is 5.32 Å². The first-order valence-corrected chi connectivity index (χ1v) is 6.07. The second-order valence-electron chi connectivity index (χ2n) is 4.64. The van der Waals surface area contributed by atoms with Gasteiger partial charge in [-0.3, -0.25) is 4.79 Å². The summed E-state index contributed by atoms with van der Waals surface area (Å²) < 4.78 is 5.35. The molecule has 0 aromatic heterocycles. The van der Waals surface area contributed by atoms with Crippen LogP contribution in [0.15, 0.2) is 18.2 Å². The molecule has 1 fully saturated rings. The van der Waals surface area contributed by atoms with Gasteiger partial charge in [0.2, 0.25) is 0 Å². The highest BCUT2D eigenvalue weighted by Crippen LogP contribution is 2.24. The van der Waals surface area contributed by atoms with Gasteiger partial charge in [-0.15, -0.1) is 0 Å². The Morgan fingerprint density at radius 2 is 2.29 bits per heavy atom. The lowest BCUT2D eigenvalue weighted by atomic mass is 9.90. The second kappa shape index (κ2) is 5.32. The number of nitrogens with one attached hydrogen (secondary N) is 1. The molecule has 1 atom stereocenters. The van der Waals surface area contributed by atoms with Crippen LogP contribution in [0.5, 0.6) is 5.75 Å². The van der Waals surface area contributed by atoms with Crippen molar-refractivity contribution in [3.8, 4) is 5.75 Å². The molecule has 1 heterocycles. The van der Waals surface area contributed by atoms with Crippen molar-refractivity contribution in [2.75, 3.05) is 20.2 Å². The van der Waals surface area contributed by atoms with Crippen LogP contribution in [0.25, 0.3) is 0 Å². The van der Waals surface area contributed by atoms with Crippen molar-refractivity contribution in [3.63, 3.8) is 0 Å². The number of ketones is 1. The number of hydrogen-bond acceptors (Lipinski definition) is 3. The van der Waals surface area contributed by atoms with Crippen LogP contribution < -0.4 is 10.1 Å². The Balaban J connectivity index is 2.16. The van der Waals surface area contributed by atoms with Crippen LogP contribution in [0.4, 0.5) is 0 Å². The van der Waals surface area contributed by atoms with Gasteiger partial charge in [-0.25, -0.2) is 0 Å². The zero-order valence-corrected chi connectivity index (χ0v) is 10.5. The third-order valence-electron chi connectivity index (χ3n) is 3.30. The molecule has 17 heavy (non-hydrogen) atoms. The van der Waals surface area contributed by atoms with Gasteiger partial charge in [0.25, 0.3) is 0 Å². The highest BCUT2D eigenvalue weighted by atomic mass is 16.5. The lowest BCUT2D eigenvalue weighted by Gasteiger charge is -2.22. The lowest BCUT2D eigenvalue weighted by Crippen LogP contribution is -2.38. The first-order valence-electron chi connectivity index (χ1n) is 6.07. The van der Waals surface area contributed by atoms with Gasteiger partial charge >= 0.3 is 0 Å². The molecule has 1 saturated heterocycles. The Morgan fingerprint density at radius 3 is 3.00 bits per heavy atom. The number of methoxy groups -OCH3 is 1. The zero-order chi connectivity index (χ0) is 12.3. The van der Waals surface area contributed by atoms with Crippen molar-refractivity contribution in [2.45, 2.75) is 19.8 Å². The van der Waals surface area contributed by atoms with Crippen LogP contribution in [0.2, 0.25) is 0 Å². The van der Waals surface area contributed by atoms with E-state index in [9.17, 15) is 4.79 Å². The van der Waals surface area contributed by atoms with Crippen LogP contribution in [0.3, 0.4) is 0 Å². The van der Waals surface area contributed by atoms with E-state index in [0.29, 0.717) is 12.2 Å². The van der Waals surface area contributed by atoms with Crippen LogP contribution in [0, 0.1) is 12.8 Å². The summed E-state index contributed by atoms with van der Waals surface area (Å²) in [4.78, 5) is 11.8. The maximum atomic E-state index is 11.8. The molecule has 1 aromatic carbocycles. The number of Topliss-reactive ketones (excluding diaryl/α,β-unsaturated/α-hetero) is 1. The summed E-state index contributed by atoms with van der Waals surface area (Å²) in [6, 6.07) is 6.12. The minimum absolute atomic E-state index is 0.0967. The molecule has 1 aromatic rings. The van der Waals surface area contributed by atoms with Gasteiger partial charge in [0.15, 0.2) is 0 Å². The maximum absolute atomic E-state index is 11.8. The highest BCUT2D eigenvalue weighted by Gasteiger charge is 2.23. The summed E-state index contributed by atoms with van der Waals surface area (Å²) in [6.45, 7) is 3.67. The molecule has 0 amide bonds. The zero-order valence-electron chi connectivity index (χ0n) is 10.5. The number of benzene rings is 1. The van der Waals surface area contributed by atoms with E-state index in [0.717, 1.165) is 30.8 Å². The van der Waals surface area contributed by atoms with Crippen molar-refractivity contribution < 1.29 is 9.53 Å². The number of rotatable bonds is 3. The largest absolute Gasteiger partial charge is 0.496 e. The molecule has 3 heteroatoms. The molecule has 0 spiro atoms. The number of ether oxygens (including phenoxy) is 1. The van der Waals surface area contributed by atoms with E-state index in [1.165, 1.54) is 5.56 Å². The van der Waals surface area contributed by atoms with Gasteiger partial charge in [0.05, 0.1) is 7.11 Å². The highest BCUT2D eigenvalue weighted by molar-refractivity contribution is 5.82. The number of piperidine rings is 1. The Hall–Kier alpha value is -1.35. The van der Waals surface area contributed by atoms with Gasteiger partial charge in [-0.1, -0.05) is 17.7 Å². The summed E-state index contributed by atoms with van der Waals surface area (Å²) in [5.41, 5.74) is 2.34. The fourth-order valence-corrected chi connectivity index (χ4v) is 2.32. The van der Waals surface area contributed by atoms with Gasteiger partial charge in [0, 0.05) is 25.4 Å². The average molecular weight is 233 g/mol. The number of aryl methyl sites for hydroxylation is 1. The normalized spacial score (nSPS) is 20.4. The average Bonchev–Trinajstić information content (AvgIpc) is 2.32. The fraction of sp³-hybridized carbons (Fsp3) is 0.500. The predicted molar refractivity (Wildman–Crippen MR) is 67.4 cm³/mol. The molecular weight excluding hydrogens is 214 g/mol. The van der Waals surface area contributed by atoms with Gasteiger partial charge in [-0.05, 0) is 25.0 Å². The van der Waals surface area contributed by atoms with Crippen molar-refractivity contribution in [2.24, 2.45) is 5.92 Å². The first-order chi connectivity index (χ1) is 8.20. The predicted octanol–water partition coefficient (Wildman–Crippen LogP) is 1.72. The molecule has 92 valence electrons. The molecular formula is C14H19NO2. The maximum Gasteiger partial charge on any atom is 0.138 e. The van der Waals surface area contributed by atoms with Gasteiger partial charge < -0.3 is 10.1 Å². The van der Waals surface area contributed by atoms with Crippen LogP contribution in [0.1, 0.15) is 17.5 Å². The third kappa shape index (κ3) is 2.86. The van der Waals surface area contributed by atoms with Crippen LogP contribution in [-0.4, -0.2) is 26.0 Å². The Morgan fingerprint density at radius 1 is 1.47 bits per heavy atom. The van der Waals surface area contributed by atoms with E-state index in [2.05, 4.69) is 18.3 Å². The minimum atomic E-state index is 0.0967. The van der Waals surface area contributed by atoms with Crippen molar-refractivity contribution >= 4 is 5.78 Å². The summed E-state index contributed by atoms with van der Waals surface area (Å²) in [5, 5.41) is 3.28. The topological polar surface area (TPSA) is 38.3 Å². The van der Waals surface area contributed by atoms with Crippen molar-refractivity contribution in [1.29, 1.82) is 0 Å². The Bertz CT molecular complexity index is 415. The molecule has 0 bridgehead atoms. The summed E-state index contributed by atoms with van der Waals surface area (Å²) >= 11 is 0. The van der Waals surface area contributed by atoms with E-state index >= 15 is 0 Å². The minimum Gasteiger partial charge on any atom is -0.496 e. The fourth-order valence-electron chi connectivity index (χ4n) is 2.32. The number of hydrogen-bond donors (Lipinski definition) is 1. The molecule has 0 radical (unpaired) electrons. The molecule has 1 N–H and O–H groups in total. The molecule has 1 aliphatic heterocycles. The molecule has 1 unspecified atom stereocenters. The Labute approximate surface area is 102 Å². The molecule has 1 aliphatic rings. The summed E-state index contributed by atoms with van der Waals surface area (Å²) in [7, 11) is 1.68. The number of carbonyl (C=O) groups is 1. The first kappa shape index (κ1) is 12.1. The molecule has 3 nitrogen and oxygen atoms in total. The number of carbonyl (C=O) groups excluding carboxylic acids is 1. The van der Waals surface area contributed by atoms with E-state index in [1.807, 2.05) is 12.1 Å². The van der Waals surface area contributed by atoms with E-state index < -0.39 is 0 Å². The van der Waals surface area contributed by atoms with Gasteiger partial charge in [0.1, 0.15) is 11.5 Å². The second-order valence-corrected chi connectivity index (χ2v) is 4.64.